The van der Waals surface area contributed by atoms with Gasteiger partial charge in [-0.05, 0) is 42.0 Å². The normalized spacial score (nSPS) is 16.5. The number of amides is 1. The number of aromatic nitrogens is 3. The van der Waals surface area contributed by atoms with Gasteiger partial charge in [0.05, 0.1) is 10.5 Å². The molecule has 11 nitrogen and oxygen atoms in total. The van der Waals surface area contributed by atoms with Crippen LogP contribution in [0.15, 0.2) is 64.3 Å². The van der Waals surface area contributed by atoms with E-state index in [0.717, 1.165) is 16.4 Å². The van der Waals surface area contributed by atoms with Gasteiger partial charge >= 0.3 is 19.0 Å². The highest BCUT2D eigenvalue weighted by Gasteiger charge is 2.42. The van der Waals surface area contributed by atoms with E-state index in [1.54, 1.807) is 0 Å². The number of piperazine rings is 1. The number of ether oxygens (including phenoxy) is 1. The number of carbonyl (C=O) groups excluding carboxylic acids is 1. The largest absolute Gasteiger partial charge is 0.435 e. The van der Waals surface area contributed by atoms with E-state index in [-0.39, 0.29) is 30.0 Å². The molecule has 1 fully saturated rings. The van der Waals surface area contributed by atoms with Crippen molar-refractivity contribution < 1.29 is 53.1 Å². The summed E-state index contributed by atoms with van der Waals surface area (Å²) in [4.78, 5) is 29.2. The Morgan fingerprint density at radius 2 is 1.66 bits per heavy atom. The Labute approximate surface area is 263 Å². The van der Waals surface area contributed by atoms with Gasteiger partial charge in [0.1, 0.15) is 11.8 Å². The van der Waals surface area contributed by atoms with Crippen LogP contribution < -0.4 is 20.5 Å². The molecule has 4 aromatic rings. The fourth-order valence-electron chi connectivity index (χ4n) is 4.62. The summed E-state index contributed by atoms with van der Waals surface area (Å²) >= 11 is 0.582. The first kappa shape index (κ1) is 34.0. The fraction of sp³-hybridized carbons (Fsp3) is 0.308. The third kappa shape index (κ3) is 7.46. The van der Waals surface area contributed by atoms with Gasteiger partial charge in [-0.2, -0.15) is 48.9 Å². The first-order valence-electron chi connectivity index (χ1n) is 13.2. The zero-order chi connectivity index (χ0) is 34.3. The smallest absolute Gasteiger partial charge is 0.433 e. The van der Waals surface area contributed by atoms with E-state index in [4.69, 9.17) is 0 Å². The van der Waals surface area contributed by atoms with Gasteiger partial charge in [-0.3, -0.25) is 9.59 Å². The van der Waals surface area contributed by atoms with Gasteiger partial charge in [-0.25, -0.2) is 8.42 Å². The maximum atomic E-state index is 13.6. The number of alkyl halides is 8. The molecule has 0 aliphatic carbocycles. The third-order valence-electron chi connectivity index (χ3n) is 6.84. The zero-order valence-corrected chi connectivity index (χ0v) is 24.9. The summed E-state index contributed by atoms with van der Waals surface area (Å²) in [5.74, 6) is -1.06. The molecule has 21 heteroatoms. The van der Waals surface area contributed by atoms with Gasteiger partial charge in [0.2, 0.25) is 26.0 Å². The van der Waals surface area contributed by atoms with Gasteiger partial charge in [-0.1, -0.05) is 23.5 Å². The number of nitrogens with zero attached hydrogens (tertiary/aromatic N) is 5. The molecule has 1 atom stereocenters. The zero-order valence-electron chi connectivity index (χ0n) is 23.3. The van der Waals surface area contributed by atoms with Crippen LogP contribution in [0.5, 0.6) is 5.75 Å². The van der Waals surface area contributed by atoms with Crippen molar-refractivity contribution in [3.63, 3.8) is 0 Å². The van der Waals surface area contributed by atoms with Crippen molar-refractivity contribution in [3.8, 4) is 5.75 Å². The molecule has 1 saturated heterocycles. The molecule has 0 unspecified atom stereocenters. The molecule has 2 aromatic heterocycles. The van der Waals surface area contributed by atoms with Gasteiger partial charge < -0.3 is 15.0 Å². The van der Waals surface area contributed by atoms with Crippen molar-refractivity contribution in [2.24, 2.45) is 0 Å². The minimum absolute atomic E-state index is 0.132. The molecule has 0 bridgehead atoms. The van der Waals surface area contributed by atoms with E-state index in [0.29, 0.717) is 33.5 Å². The van der Waals surface area contributed by atoms with E-state index in [1.165, 1.54) is 29.2 Å². The molecule has 2 aromatic carbocycles. The number of fused-ring (bicyclic) bond motifs is 1. The number of carbonyl (C=O) groups is 1. The average Bonchev–Trinajstić information content (AvgIpc) is 3.42. The van der Waals surface area contributed by atoms with Crippen LogP contribution in [0, 0.1) is 0 Å². The Bertz CT molecular complexity index is 1930. The van der Waals surface area contributed by atoms with E-state index in [1.807, 2.05) is 0 Å². The monoisotopic (exact) mass is 712 g/mol. The summed E-state index contributed by atoms with van der Waals surface area (Å²) in [6, 6.07) is 6.39. The lowest BCUT2D eigenvalue weighted by atomic mass is 10.2. The number of benzene rings is 2. The van der Waals surface area contributed by atoms with Gasteiger partial charge in [0.25, 0.3) is 5.56 Å². The van der Waals surface area contributed by atoms with Gasteiger partial charge in [0, 0.05) is 32.2 Å². The molecular weight excluding hydrogens is 692 g/mol. The van der Waals surface area contributed by atoms with Crippen LogP contribution in [0.2, 0.25) is 0 Å². The number of anilines is 1. The number of hydrogen-bond acceptors (Lipinski definition) is 9. The summed E-state index contributed by atoms with van der Waals surface area (Å²) in [5, 5.41) is 6.29. The molecule has 3 heterocycles. The number of sulfonamides is 1. The van der Waals surface area contributed by atoms with Crippen molar-refractivity contribution in [2.75, 3.05) is 24.5 Å². The van der Waals surface area contributed by atoms with Crippen LogP contribution in [-0.2, 0) is 33.7 Å². The van der Waals surface area contributed by atoms with Crippen LogP contribution in [-0.4, -0.2) is 65.5 Å². The minimum Gasteiger partial charge on any atom is -0.435 e. The van der Waals surface area contributed by atoms with Crippen molar-refractivity contribution in [1.82, 2.24) is 24.2 Å². The Kier molecular flexibility index (Phi) is 9.16. The van der Waals surface area contributed by atoms with Crippen molar-refractivity contribution in [1.29, 1.82) is 0 Å². The Morgan fingerprint density at radius 1 is 1.00 bits per heavy atom. The maximum Gasteiger partial charge on any atom is 0.433 e. The van der Waals surface area contributed by atoms with Gasteiger partial charge in [0.15, 0.2) is 5.69 Å². The number of halogens is 8. The number of rotatable bonds is 8. The second-order valence-corrected chi connectivity index (χ2v) is 12.7. The topological polar surface area (TPSA) is 126 Å². The molecular formula is C26H20F8N6O5S2. The van der Waals surface area contributed by atoms with E-state index in [2.05, 4.69) is 20.1 Å². The third-order valence-corrected chi connectivity index (χ3v) is 9.73. The van der Waals surface area contributed by atoms with Crippen LogP contribution in [0.3, 0.4) is 0 Å². The number of nitrogens with one attached hydrogen (secondary N) is 1. The second-order valence-electron chi connectivity index (χ2n) is 9.90. The van der Waals surface area contributed by atoms with Crippen molar-refractivity contribution in [3.05, 3.63) is 81.8 Å². The van der Waals surface area contributed by atoms with Gasteiger partial charge in [-0.15, -0.1) is 5.10 Å². The average molecular weight is 713 g/mol. The van der Waals surface area contributed by atoms with Crippen LogP contribution >= 0.6 is 11.3 Å². The lowest BCUT2D eigenvalue weighted by Gasteiger charge is -2.39. The number of hydrogen-bond donors (Lipinski definition) is 1. The second kappa shape index (κ2) is 12.7. The summed E-state index contributed by atoms with van der Waals surface area (Å²) in [7, 11) is -4.61. The SMILES string of the molecule is O=C(NCc1ccc(OC(F)F)cc1)[C@H]1CN(c2nn3c(C(F)(F)F)cc(=O)nc3s2)CCN1S(=O)(=O)c1ccc(C(F)(F)F)cc1. The summed E-state index contributed by atoms with van der Waals surface area (Å²) in [5.41, 5.74) is -3.29. The van der Waals surface area contributed by atoms with Crippen LogP contribution in [0.4, 0.5) is 40.3 Å². The summed E-state index contributed by atoms with van der Waals surface area (Å²) in [6.45, 7) is -4.44. The van der Waals surface area contributed by atoms with Crippen LogP contribution in [0.25, 0.3) is 4.96 Å². The van der Waals surface area contributed by atoms with Crippen molar-refractivity contribution in [2.45, 2.75) is 36.4 Å². The molecule has 1 aliphatic heterocycles. The minimum atomic E-state index is -4.98. The van der Waals surface area contributed by atoms with E-state index in [9.17, 15) is 53.1 Å². The summed E-state index contributed by atoms with van der Waals surface area (Å²) in [6.07, 6.45) is -9.72. The lowest BCUT2D eigenvalue weighted by Crippen LogP contribution is -2.60. The molecule has 1 amide bonds. The summed E-state index contributed by atoms with van der Waals surface area (Å²) < 4.78 is 138. The first-order valence-corrected chi connectivity index (χ1v) is 15.4. The molecule has 0 radical (unpaired) electrons. The standard InChI is InChI=1S/C26H20F8N6O5S2/c27-22(28)45-16-5-1-14(2-6-16)12-35-21(42)18-13-38(24-37-40-19(26(32,33)34)11-20(41)36-23(40)46-24)9-10-39(18)47(43,44)17-7-3-15(4-8-17)25(29,30)31/h1-8,11,18,22H,9-10,12-13H2,(H,35,42)/t18-/m1/s1. The molecule has 252 valence electrons. The Morgan fingerprint density at radius 3 is 2.26 bits per heavy atom. The predicted octanol–water partition coefficient (Wildman–Crippen LogP) is 3.99. The molecule has 0 spiro atoms. The van der Waals surface area contributed by atoms with E-state index >= 15 is 0 Å². The van der Waals surface area contributed by atoms with Crippen molar-refractivity contribution >= 4 is 37.4 Å². The highest BCUT2D eigenvalue weighted by atomic mass is 32.2. The molecule has 5 rings (SSSR count). The highest BCUT2D eigenvalue weighted by Crippen LogP contribution is 2.34. The molecule has 1 N–H and O–H groups in total. The maximum absolute atomic E-state index is 13.6. The lowest BCUT2D eigenvalue weighted by molar-refractivity contribution is -0.142. The first-order chi connectivity index (χ1) is 21.9. The molecule has 0 saturated carbocycles. The van der Waals surface area contributed by atoms with E-state index < -0.39 is 80.7 Å². The Hall–Kier alpha value is -4.37. The molecule has 47 heavy (non-hydrogen) atoms. The quantitative estimate of drug-likeness (QED) is 0.272. The fourth-order valence-corrected chi connectivity index (χ4v) is 7.14. The van der Waals surface area contributed by atoms with Crippen LogP contribution in [0.1, 0.15) is 16.8 Å². The highest BCUT2D eigenvalue weighted by molar-refractivity contribution is 7.89. The predicted molar refractivity (Wildman–Crippen MR) is 148 cm³/mol. The molecule has 1 aliphatic rings. The Balaban J connectivity index is 1.45.